The van der Waals surface area contributed by atoms with Crippen LogP contribution in [0.15, 0.2) is 18.2 Å². The van der Waals surface area contributed by atoms with Crippen molar-refractivity contribution in [1.29, 1.82) is 0 Å². The van der Waals surface area contributed by atoms with Crippen molar-refractivity contribution in [2.24, 2.45) is 5.92 Å². The molecule has 21 heavy (non-hydrogen) atoms. The third kappa shape index (κ3) is 4.14. The molecule has 0 spiro atoms. The van der Waals surface area contributed by atoms with Crippen LogP contribution in [0.3, 0.4) is 0 Å². The van der Waals surface area contributed by atoms with Crippen molar-refractivity contribution in [3.8, 4) is 0 Å². The highest BCUT2D eigenvalue weighted by Crippen LogP contribution is 2.32. The summed E-state index contributed by atoms with van der Waals surface area (Å²) in [5.74, 6) is 0.890. The summed E-state index contributed by atoms with van der Waals surface area (Å²) in [5.41, 5.74) is 2.43. The van der Waals surface area contributed by atoms with Gasteiger partial charge in [-0.15, -0.1) is 0 Å². The molecule has 1 aromatic carbocycles. The van der Waals surface area contributed by atoms with E-state index in [1.54, 1.807) is 0 Å². The highest BCUT2D eigenvalue weighted by Gasteiger charge is 2.22. The van der Waals surface area contributed by atoms with Crippen LogP contribution < -0.4 is 10.2 Å². The van der Waals surface area contributed by atoms with E-state index in [0.717, 1.165) is 17.5 Å². The van der Waals surface area contributed by atoms with E-state index < -0.39 is 0 Å². The van der Waals surface area contributed by atoms with Crippen LogP contribution >= 0.6 is 11.6 Å². The Bertz CT molecular complexity index is 453. The van der Waals surface area contributed by atoms with Gasteiger partial charge in [0.1, 0.15) is 0 Å². The van der Waals surface area contributed by atoms with Gasteiger partial charge >= 0.3 is 0 Å². The Morgan fingerprint density at radius 2 is 1.95 bits per heavy atom. The van der Waals surface area contributed by atoms with Crippen LogP contribution in [0, 0.1) is 5.92 Å². The quantitative estimate of drug-likeness (QED) is 0.821. The van der Waals surface area contributed by atoms with Crippen LogP contribution in [0.5, 0.6) is 0 Å². The molecule has 1 atom stereocenters. The van der Waals surface area contributed by atoms with Crippen LogP contribution in [0.2, 0.25) is 5.02 Å². The maximum Gasteiger partial charge on any atom is 0.0474 e. The third-order valence-corrected chi connectivity index (χ3v) is 5.23. The van der Waals surface area contributed by atoms with Crippen molar-refractivity contribution in [1.82, 2.24) is 5.32 Å². The first-order chi connectivity index (χ1) is 10.0. The van der Waals surface area contributed by atoms with Gasteiger partial charge in [0.05, 0.1) is 0 Å². The summed E-state index contributed by atoms with van der Waals surface area (Å²) in [7, 11) is 2.21. The molecule has 0 radical (unpaired) electrons. The summed E-state index contributed by atoms with van der Waals surface area (Å²) >= 11 is 6.50. The van der Waals surface area contributed by atoms with E-state index >= 15 is 0 Å². The number of nitrogens with one attached hydrogen (secondary N) is 1. The Hall–Kier alpha value is -0.730. The topological polar surface area (TPSA) is 15.3 Å². The smallest absolute Gasteiger partial charge is 0.0474 e. The van der Waals surface area contributed by atoms with Gasteiger partial charge < -0.3 is 10.2 Å². The summed E-state index contributed by atoms with van der Waals surface area (Å²) in [6, 6.07) is 7.48. The van der Waals surface area contributed by atoms with Gasteiger partial charge in [-0.05, 0) is 62.8 Å². The maximum atomic E-state index is 6.50. The standard InChI is InChI=1S/C18H29ClN2/c1-5-20-14(3)17-11-10-16(12-18(17)19)21(4)15-8-6-13(2)7-9-15/h10-15,20H,5-9H2,1-4H3. The number of nitrogens with zero attached hydrogens (tertiary/aromatic N) is 1. The highest BCUT2D eigenvalue weighted by molar-refractivity contribution is 6.31. The Balaban J connectivity index is 2.08. The lowest BCUT2D eigenvalue weighted by Gasteiger charge is -2.35. The fourth-order valence-corrected chi connectivity index (χ4v) is 3.68. The Morgan fingerprint density at radius 3 is 2.52 bits per heavy atom. The average molecular weight is 309 g/mol. The molecule has 0 heterocycles. The van der Waals surface area contributed by atoms with Gasteiger partial charge in [-0.2, -0.15) is 0 Å². The monoisotopic (exact) mass is 308 g/mol. The van der Waals surface area contributed by atoms with Crippen LogP contribution in [-0.2, 0) is 0 Å². The molecule has 1 fully saturated rings. The van der Waals surface area contributed by atoms with Crippen molar-refractivity contribution in [3.05, 3.63) is 28.8 Å². The Morgan fingerprint density at radius 1 is 1.29 bits per heavy atom. The average Bonchev–Trinajstić information content (AvgIpc) is 2.47. The number of halogens is 1. The van der Waals surface area contributed by atoms with Gasteiger partial charge in [0.2, 0.25) is 0 Å². The Kier molecular flexibility index (Phi) is 5.95. The van der Waals surface area contributed by atoms with Crippen molar-refractivity contribution in [2.45, 2.75) is 58.5 Å². The van der Waals surface area contributed by atoms with Gasteiger partial charge in [0.25, 0.3) is 0 Å². The van der Waals surface area contributed by atoms with E-state index in [2.05, 4.69) is 56.2 Å². The second kappa shape index (κ2) is 7.51. The highest BCUT2D eigenvalue weighted by atomic mass is 35.5. The van der Waals surface area contributed by atoms with Crippen molar-refractivity contribution >= 4 is 17.3 Å². The minimum atomic E-state index is 0.303. The summed E-state index contributed by atoms with van der Waals surface area (Å²) in [6.07, 6.45) is 5.28. The minimum Gasteiger partial charge on any atom is -0.372 e. The molecule has 2 rings (SSSR count). The van der Waals surface area contributed by atoms with E-state index in [0.29, 0.717) is 12.1 Å². The van der Waals surface area contributed by atoms with Crippen molar-refractivity contribution in [2.75, 3.05) is 18.5 Å². The molecule has 0 amide bonds. The second-order valence-electron chi connectivity index (χ2n) is 6.51. The minimum absolute atomic E-state index is 0.303. The molecule has 1 aliphatic rings. The lowest BCUT2D eigenvalue weighted by atomic mass is 9.86. The number of hydrogen-bond acceptors (Lipinski definition) is 2. The normalized spacial score (nSPS) is 23.9. The van der Waals surface area contributed by atoms with Gasteiger partial charge in [-0.3, -0.25) is 0 Å². The summed E-state index contributed by atoms with van der Waals surface area (Å²) in [6.45, 7) is 7.61. The lowest BCUT2D eigenvalue weighted by Crippen LogP contribution is -2.34. The number of hydrogen-bond donors (Lipinski definition) is 1. The molecule has 2 nitrogen and oxygen atoms in total. The largest absolute Gasteiger partial charge is 0.372 e. The van der Waals surface area contributed by atoms with E-state index in [9.17, 15) is 0 Å². The summed E-state index contributed by atoms with van der Waals surface area (Å²) in [4.78, 5) is 2.42. The molecule has 0 bridgehead atoms. The fraction of sp³-hybridized carbons (Fsp3) is 0.667. The second-order valence-corrected chi connectivity index (χ2v) is 6.92. The molecule has 0 aliphatic heterocycles. The maximum absolute atomic E-state index is 6.50. The van der Waals surface area contributed by atoms with Crippen LogP contribution in [0.25, 0.3) is 0 Å². The fourth-order valence-electron chi connectivity index (χ4n) is 3.34. The number of anilines is 1. The van der Waals surface area contributed by atoms with Crippen molar-refractivity contribution in [3.63, 3.8) is 0 Å². The summed E-state index contributed by atoms with van der Waals surface area (Å²) < 4.78 is 0. The molecule has 1 saturated carbocycles. The SMILES string of the molecule is CCNC(C)c1ccc(N(C)C2CCC(C)CC2)cc1Cl. The van der Waals surface area contributed by atoms with Crippen LogP contribution in [0.1, 0.15) is 58.1 Å². The predicted molar refractivity (Wildman–Crippen MR) is 93.4 cm³/mol. The molecule has 1 unspecified atom stereocenters. The number of rotatable bonds is 5. The first-order valence-corrected chi connectivity index (χ1v) is 8.66. The van der Waals surface area contributed by atoms with E-state index in [1.807, 2.05) is 0 Å². The predicted octanol–water partition coefficient (Wildman–Crippen LogP) is 5.03. The zero-order valence-electron chi connectivity index (χ0n) is 13.8. The van der Waals surface area contributed by atoms with Crippen LogP contribution in [-0.4, -0.2) is 19.6 Å². The van der Waals surface area contributed by atoms with Crippen LogP contribution in [0.4, 0.5) is 5.69 Å². The third-order valence-electron chi connectivity index (χ3n) is 4.90. The van der Waals surface area contributed by atoms with Gasteiger partial charge in [-0.25, -0.2) is 0 Å². The summed E-state index contributed by atoms with van der Waals surface area (Å²) in [5, 5.41) is 4.29. The zero-order valence-corrected chi connectivity index (χ0v) is 14.6. The Labute approximate surface area is 134 Å². The molecule has 0 saturated heterocycles. The molecule has 1 N–H and O–H groups in total. The van der Waals surface area contributed by atoms with Gasteiger partial charge in [-0.1, -0.05) is 31.5 Å². The van der Waals surface area contributed by atoms with Gasteiger partial charge in [0, 0.05) is 29.8 Å². The molecule has 0 aromatic heterocycles. The number of benzene rings is 1. The van der Waals surface area contributed by atoms with Gasteiger partial charge in [0.15, 0.2) is 0 Å². The molecule has 118 valence electrons. The molecular formula is C18H29ClN2. The molecule has 3 heteroatoms. The zero-order chi connectivity index (χ0) is 15.4. The first kappa shape index (κ1) is 16.6. The van der Waals surface area contributed by atoms with E-state index in [1.165, 1.54) is 36.9 Å². The first-order valence-electron chi connectivity index (χ1n) is 8.28. The van der Waals surface area contributed by atoms with Crippen molar-refractivity contribution < 1.29 is 0 Å². The van der Waals surface area contributed by atoms with E-state index in [4.69, 9.17) is 11.6 Å². The molecular weight excluding hydrogens is 280 g/mol. The molecule has 1 aliphatic carbocycles. The van der Waals surface area contributed by atoms with E-state index in [-0.39, 0.29) is 0 Å². The lowest BCUT2D eigenvalue weighted by molar-refractivity contribution is 0.341. The molecule has 1 aromatic rings.